The highest BCUT2D eigenvalue weighted by Crippen LogP contribution is 2.34. The molecule has 0 fully saturated rings. The summed E-state index contributed by atoms with van der Waals surface area (Å²) >= 11 is 0. The quantitative estimate of drug-likeness (QED) is 0.886. The van der Waals surface area contributed by atoms with Crippen molar-refractivity contribution in [1.82, 2.24) is 9.97 Å². The van der Waals surface area contributed by atoms with Gasteiger partial charge in [0, 0.05) is 11.3 Å². The van der Waals surface area contributed by atoms with E-state index in [0.29, 0.717) is 28.7 Å². The van der Waals surface area contributed by atoms with Gasteiger partial charge in [-0.05, 0) is 38.5 Å². The van der Waals surface area contributed by atoms with Gasteiger partial charge in [0.05, 0.1) is 5.56 Å². The molecule has 0 aliphatic carbocycles. The van der Waals surface area contributed by atoms with Crippen LogP contribution in [0.25, 0.3) is 0 Å². The van der Waals surface area contributed by atoms with Crippen LogP contribution in [0.3, 0.4) is 0 Å². The lowest BCUT2D eigenvalue weighted by Crippen LogP contribution is -2.09. The van der Waals surface area contributed by atoms with Crippen LogP contribution in [0.15, 0.2) is 18.2 Å². The van der Waals surface area contributed by atoms with Gasteiger partial charge in [-0.15, -0.1) is 0 Å². The number of hydrogen-bond donors (Lipinski definition) is 2. The Labute approximate surface area is 120 Å². The number of aryl methyl sites for hydroxylation is 2. The molecule has 0 aliphatic heterocycles. The first-order valence-corrected chi connectivity index (χ1v) is 6.24. The molecule has 1 aromatic carbocycles. The van der Waals surface area contributed by atoms with Crippen LogP contribution in [0, 0.1) is 20.8 Å². The highest BCUT2D eigenvalue weighted by molar-refractivity contribution is 5.64. The zero-order chi connectivity index (χ0) is 15.8. The fourth-order valence-corrected chi connectivity index (χ4v) is 1.91. The molecule has 0 spiro atoms. The number of anilines is 3. The van der Waals surface area contributed by atoms with Gasteiger partial charge in [-0.2, -0.15) is 13.2 Å². The van der Waals surface area contributed by atoms with E-state index in [1.807, 2.05) is 0 Å². The van der Waals surface area contributed by atoms with Gasteiger partial charge < -0.3 is 11.1 Å². The van der Waals surface area contributed by atoms with E-state index in [-0.39, 0.29) is 5.56 Å². The Morgan fingerprint density at radius 3 is 2.38 bits per heavy atom. The summed E-state index contributed by atoms with van der Waals surface area (Å²) in [6, 6.07) is 4.04. The predicted octanol–water partition coefficient (Wildman–Crippen LogP) is 3.75. The summed E-state index contributed by atoms with van der Waals surface area (Å²) in [6.45, 7) is 4.79. The lowest BCUT2D eigenvalue weighted by Gasteiger charge is -2.14. The second-order valence-corrected chi connectivity index (χ2v) is 4.78. The number of nitrogens with one attached hydrogen (secondary N) is 1. The Kier molecular flexibility index (Phi) is 3.76. The van der Waals surface area contributed by atoms with Crippen LogP contribution in [0.4, 0.5) is 30.5 Å². The fourth-order valence-electron chi connectivity index (χ4n) is 1.91. The van der Waals surface area contributed by atoms with Crippen molar-refractivity contribution in [1.29, 1.82) is 0 Å². The van der Waals surface area contributed by atoms with Crippen LogP contribution in [0.2, 0.25) is 0 Å². The van der Waals surface area contributed by atoms with Gasteiger partial charge in [-0.25, -0.2) is 9.97 Å². The topological polar surface area (TPSA) is 63.8 Å². The first kappa shape index (κ1) is 15.1. The van der Waals surface area contributed by atoms with Crippen molar-refractivity contribution in [2.24, 2.45) is 0 Å². The Hall–Kier alpha value is -2.31. The SMILES string of the molecule is Cc1nc(N)c(C)c(Nc2ccc(C)c(C(F)(F)F)c2)n1. The van der Waals surface area contributed by atoms with Crippen molar-refractivity contribution >= 4 is 17.3 Å². The molecule has 0 amide bonds. The largest absolute Gasteiger partial charge is 0.416 e. The second kappa shape index (κ2) is 5.23. The molecule has 0 saturated carbocycles. The molecule has 21 heavy (non-hydrogen) atoms. The van der Waals surface area contributed by atoms with E-state index >= 15 is 0 Å². The molecule has 4 nitrogen and oxygen atoms in total. The molecule has 0 unspecified atom stereocenters. The van der Waals surface area contributed by atoms with E-state index in [4.69, 9.17) is 5.73 Å². The number of nitrogens with two attached hydrogens (primary N) is 1. The molecular formula is C14H15F3N4. The molecule has 7 heteroatoms. The van der Waals surface area contributed by atoms with E-state index in [1.54, 1.807) is 19.9 Å². The number of nitrogens with zero attached hydrogens (tertiary/aromatic N) is 2. The summed E-state index contributed by atoms with van der Waals surface area (Å²) in [4.78, 5) is 8.15. The molecule has 0 aliphatic rings. The van der Waals surface area contributed by atoms with Gasteiger partial charge in [0.2, 0.25) is 0 Å². The van der Waals surface area contributed by atoms with Crippen LogP contribution in [-0.4, -0.2) is 9.97 Å². The Morgan fingerprint density at radius 2 is 1.76 bits per heavy atom. The minimum Gasteiger partial charge on any atom is -0.383 e. The van der Waals surface area contributed by atoms with Crippen molar-refractivity contribution in [3.8, 4) is 0 Å². The van der Waals surface area contributed by atoms with Crippen molar-refractivity contribution < 1.29 is 13.2 Å². The first-order chi connectivity index (χ1) is 9.68. The first-order valence-electron chi connectivity index (χ1n) is 6.24. The van der Waals surface area contributed by atoms with Gasteiger partial charge in [0.1, 0.15) is 17.5 Å². The molecule has 2 aromatic rings. The van der Waals surface area contributed by atoms with E-state index in [1.165, 1.54) is 13.0 Å². The summed E-state index contributed by atoms with van der Waals surface area (Å²) in [6.07, 6.45) is -4.39. The van der Waals surface area contributed by atoms with E-state index in [9.17, 15) is 13.2 Å². The number of hydrogen-bond acceptors (Lipinski definition) is 4. The maximum absolute atomic E-state index is 12.9. The van der Waals surface area contributed by atoms with E-state index < -0.39 is 11.7 Å². The molecule has 2 rings (SSSR count). The van der Waals surface area contributed by atoms with Crippen molar-refractivity contribution in [2.45, 2.75) is 26.9 Å². The minimum absolute atomic E-state index is 0.170. The molecule has 1 aromatic heterocycles. The molecular weight excluding hydrogens is 281 g/mol. The van der Waals surface area contributed by atoms with Crippen LogP contribution in [0.5, 0.6) is 0 Å². The Morgan fingerprint density at radius 1 is 1.10 bits per heavy atom. The Balaban J connectivity index is 2.41. The fraction of sp³-hybridized carbons (Fsp3) is 0.286. The zero-order valence-corrected chi connectivity index (χ0v) is 11.8. The monoisotopic (exact) mass is 296 g/mol. The molecule has 0 bridgehead atoms. The highest BCUT2D eigenvalue weighted by Gasteiger charge is 2.32. The summed E-state index contributed by atoms with van der Waals surface area (Å²) < 4.78 is 38.7. The second-order valence-electron chi connectivity index (χ2n) is 4.78. The summed E-state index contributed by atoms with van der Waals surface area (Å²) in [5.41, 5.74) is 6.11. The van der Waals surface area contributed by atoms with Crippen LogP contribution < -0.4 is 11.1 Å². The summed E-state index contributed by atoms with van der Waals surface area (Å²) in [5, 5.41) is 2.86. The third-order valence-electron chi connectivity index (χ3n) is 3.10. The Bertz CT molecular complexity index is 681. The highest BCUT2D eigenvalue weighted by atomic mass is 19.4. The summed E-state index contributed by atoms with van der Waals surface area (Å²) in [7, 11) is 0. The van der Waals surface area contributed by atoms with E-state index in [2.05, 4.69) is 15.3 Å². The third-order valence-corrected chi connectivity index (χ3v) is 3.10. The molecule has 0 saturated heterocycles. The van der Waals surface area contributed by atoms with Crippen molar-refractivity contribution in [3.05, 3.63) is 40.7 Å². The van der Waals surface area contributed by atoms with Crippen LogP contribution in [0.1, 0.15) is 22.5 Å². The van der Waals surface area contributed by atoms with Gasteiger partial charge >= 0.3 is 6.18 Å². The normalized spacial score (nSPS) is 11.5. The van der Waals surface area contributed by atoms with Crippen molar-refractivity contribution in [2.75, 3.05) is 11.1 Å². The van der Waals surface area contributed by atoms with Gasteiger partial charge in [-0.3, -0.25) is 0 Å². The van der Waals surface area contributed by atoms with Gasteiger partial charge in [0.25, 0.3) is 0 Å². The van der Waals surface area contributed by atoms with Crippen molar-refractivity contribution in [3.63, 3.8) is 0 Å². The zero-order valence-electron chi connectivity index (χ0n) is 11.8. The maximum atomic E-state index is 12.9. The number of aromatic nitrogens is 2. The molecule has 3 N–H and O–H groups in total. The van der Waals surface area contributed by atoms with Gasteiger partial charge in [-0.1, -0.05) is 6.07 Å². The number of rotatable bonds is 2. The number of halogens is 3. The molecule has 0 radical (unpaired) electrons. The number of benzene rings is 1. The summed E-state index contributed by atoms with van der Waals surface area (Å²) in [5.74, 6) is 1.15. The molecule has 112 valence electrons. The lowest BCUT2D eigenvalue weighted by molar-refractivity contribution is -0.138. The average Bonchev–Trinajstić information content (AvgIpc) is 2.36. The number of alkyl halides is 3. The van der Waals surface area contributed by atoms with Crippen LogP contribution in [-0.2, 0) is 6.18 Å². The van der Waals surface area contributed by atoms with E-state index in [0.717, 1.165) is 6.07 Å². The molecule has 1 heterocycles. The maximum Gasteiger partial charge on any atom is 0.416 e. The predicted molar refractivity (Wildman–Crippen MR) is 75.4 cm³/mol. The average molecular weight is 296 g/mol. The third kappa shape index (κ3) is 3.24. The standard InChI is InChI=1S/C14H15F3N4/c1-7-4-5-10(6-11(7)14(15,16)17)21-13-8(2)12(18)19-9(3)20-13/h4-6H,1-3H3,(H3,18,19,20,21). The number of nitrogen functional groups attached to an aromatic ring is 1. The minimum atomic E-state index is -4.39. The lowest BCUT2D eigenvalue weighted by atomic mass is 10.1. The van der Waals surface area contributed by atoms with Gasteiger partial charge in [0.15, 0.2) is 0 Å². The van der Waals surface area contributed by atoms with Crippen LogP contribution >= 0.6 is 0 Å². The smallest absolute Gasteiger partial charge is 0.383 e. The molecule has 0 atom stereocenters.